The van der Waals surface area contributed by atoms with Gasteiger partial charge < -0.3 is 19.8 Å². The average Bonchev–Trinajstić information content (AvgIpc) is 2.51. The van der Waals surface area contributed by atoms with Gasteiger partial charge in [-0.1, -0.05) is 35.0 Å². The largest absolute Gasteiger partial charge is 0.446 e. The van der Waals surface area contributed by atoms with E-state index in [9.17, 15) is 9.90 Å². The molecule has 22 heavy (non-hydrogen) atoms. The molecule has 0 radical (unpaired) electrons. The molecule has 0 aromatic heterocycles. The number of nitrogens with zero attached hydrogens (tertiary/aromatic N) is 1. The zero-order chi connectivity index (χ0) is 16.1. The summed E-state index contributed by atoms with van der Waals surface area (Å²) in [7, 11) is 0. The van der Waals surface area contributed by atoms with Crippen molar-refractivity contribution in [1.29, 1.82) is 0 Å². The number of benzene rings is 1. The molecule has 1 fully saturated rings. The van der Waals surface area contributed by atoms with Crippen LogP contribution in [0.4, 0.5) is 4.79 Å². The Bertz CT molecular complexity index is 493. The number of aliphatic hydroxyl groups excluding tert-OH is 2. The molecular formula is C16H22BrNO4. The van der Waals surface area contributed by atoms with E-state index >= 15 is 0 Å². The number of hydrogen-bond acceptors (Lipinski definition) is 4. The Balaban J connectivity index is 2.03. The predicted molar refractivity (Wildman–Crippen MR) is 86.5 cm³/mol. The smallest absolute Gasteiger partial charge is 0.410 e. The van der Waals surface area contributed by atoms with Gasteiger partial charge in [-0.2, -0.15) is 0 Å². The second kappa shape index (κ2) is 7.94. The maximum atomic E-state index is 12.3. The van der Waals surface area contributed by atoms with E-state index in [1.165, 1.54) is 0 Å². The quantitative estimate of drug-likeness (QED) is 0.806. The number of carbonyl (C=O) groups is 1. The van der Waals surface area contributed by atoms with E-state index < -0.39 is 6.10 Å². The van der Waals surface area contributed by atoms with Gasteiger partial charge in [0.15, 0.2) is 0 Å². The normalized spacial score (nSPS) is 21.4. The predicted octanol–water partition coefficient (Wildman–Crippen LogP) is 2.85. The topological polar surface area (TPSA) is 70.0 Å². The fourth-order valence-corrected chi connectivity index (χ4v) is 3.06. The van der Waals surface area contributed by atoms with Gasteiger partial charge in [-0.3, -0.25) is 0 Å². The molecule has 1 aliphatic heterocycles. The third kappa shape index (κ3) is 4.21. The minimum Gasteiger partial charge on any atom is -0.446 e. The summed E-state index contributed by atoms with van der Waals surface area (Å²) in [6.45, 7) is 2.33. The monoisotopic (exact) mass is 371 g/mol. The zero-order valence-corrected chi connectivity index (χ0v) is 14.2. The second-order valence-corrected chi connectivity index (χ2v) is 6.45. The van der Waals surface area contributed by atoms with E-state index in [-0.39, 0.29) is 31.3 Å². The van der Waals surface area contributed by atoms with E-state index in [0.717, 1.165) is 16.5 Å². The van der Waals surface area contributed by atoms with E-state index in [1.807, 2.05) is 31.2 Å². The SMILES string of the molecule is CCC(c1ccc(Br)cc1)N1CCC(CC(O)CO)OC1=O. The summed E-state index contributed by atoms with van der Waals surface area (Å²) in [4.78, 5) is 14.0. The van der Waals surface area contributed by atoms with Crippen molar-refractivity contribution in [2.24, 2.45) is 0 Å². The summed E-state index contributed by atoms with van der Waals surface area (Å²) < 4.78 is 6.41. The molecule has 0 aliphatic carbocycles. The van der Waals surface area contributed by atoms with Crippen LogP contribution < -0.4 is 0 Å². The molecular weight excluding hydrogens is 350 g/mol. The molecule has 3 atom stereocenters. The number of hydrogen-bond donors (Lipinski definition) is 2. The van der Waals surface area contributed by atoms with E-state index in [4.69, 9.17) is 9.84 Å². The number of rotatable bonds is 6. The number of cyclic esters (lactones) is 1. The van der Waals surface area contributed by atoms with Crippen LogP contribution >= 0.6 is 15.9 Å². The Hall–Kier alpha value is -1.11. The highest BCUT2D eigenvalue weighted by Gasteiger charge is 2.32. The van der Waals surface area contributed by atoms with Crippen LogP contribution in [0.25, 0.3) is 0 Å². The van der Waals surface area contributed by atoms with Gasteiger partial charge >= 0.3 is 6.09 Å². The standard InChI is InChI=1S/C16H22BrNO4/c1-2-15(11-3-5-12(17)6-4-11)18-8-7-14(22-16(18)21)9-13(20)10-19/h3-6,13-15,19-20H,2,7-10H2,1H3. The maximum absolute atomic E-state index is 12.3. The molecule has 2 rings (SSSR count). The van der Waals surface area contributed by atoms with Crippen molar-refractivity contribution >= 4 is 22.0 Å². The van der Waals surface area contributed by atoms with Gasteiger partial charge in [0.25, 0.3) is 0 Å². The molecule has 6 heteroatoms. The Morgan fingerprint density at radius 3 is 2.64 bits per heavy atom. The first-order chi connectivity index (χ1) is 10.5. The third-order valence-electron chi connectivity index (χ3n) is 3.96. The van der Waals surface area contributed by atoms with E-state index in [1.54, 1.807) is 4.90 Å². The van der Waals surface area contributed by atoms with Gasteiger partial charge in [-0.05, 0) is 24.1 Å². The van der Waals surface area contributed by atoms with Gasteiger partial charge in [0.05, 0.1) is 18.8 Å². The summed E-state index contributed by atoms with van der Waals surface area (Å²) in [5, 5.41) is 18.3. The van der Waals surface area contributed by atoms with Gasteiger partial charge in [0, 0.05) is 23.9 Å². The maximum Gasteiger partial charge on any atom is 0.410 e. The van der Waals surface area contributed by atoms with Crippen LogP contribution in [0.3, 0.4) is 0 Å². The van der Waals surface area contributed by atoms with Gasteiger partial charge in [0.1, 0.15) is 6.10 Å². The molecule has 122 valence electrons. The third-order valence-corrected chi connectivity index (χ3v) is 4.49. The molecule has 1 aromatic rings. The fraction of sp³-hybridized carbons (Fsp3) is 0.562. The number of amides is 1. The summed E-state index contributed by atoms with van der Waals surface area (Å²) >= 11 is 3.41. The van der Waals surface area contributed by atoms with Crippen molar-refractivity contribution in [3.63, 3.8) is 0 Å². The van der Waals surface area contributed by atoms with Crippen LogP contribution in [0.1, 0.15) is 37.8 Å². The Morgan fingerprint density at radius 1 is 1.41 bits per heavy atom. The van der Waals surface area contributed by atoms with E-state index in [2.05, 4.69) is 15.9 Å². The number of halogens is 1. The summed E-state index contributed by atoms with van der Waals surface area (Å²) in [6, 6.07) is 7.94. The summed E-state index contributed by atoms with van der Waals surface area (Å²) in [5.41, 5.74) is 1.08. The molecule has 1 amide bonds. The molecule has 3 unspecified atom stereocenters. The van der Waals surface area contributed by atoms with Crippen LogP contribution in [0.2, 0.25) is 0 Å². The number of ether oxygens (including phenoxy) is 1. The lowest BCUT2D eigenvalue weighted by molar-refractivity contribution is -0.0197. The first-order valence-electron chi connectivity index (χ1n) is 7.56. The van der Waals surface area contributed by atoms with Crippen molar-refractivity contribution in [1.82, 2.24) is 4.90 Å². The average molecular weight is 372 g/mol. The summed E-state index contributed by atoms with van der Waals surface area (Å²) in [5.74, 6) is 0. The molecule has 1 heterocycles. The van der Waals surface area contributed by atoms with Crippen LogP contribution in [0.5, 0.6) is 0 Å². The highest BCUT2D eigenvalue weighted by atomic mass is 79.9. The first kappa shape index (κ1) is 17.2. The van der Waals surface area contributed by atoms with Crippen LogP contribution in [-0.4, -0.2) is 46.6 Å². The lowest BCUT2D eigenvalue weighted by Gasteiger charge is -2.37. The lowest BCUT2D eigenvalue weighted by Crippen LogP contribution is -2.44. The number of carbonyl (C=O) groups excluding carboxylic acids is 1. The van der Waals surface area contributed by atoms with Crippen molar-refractivity contribution in [2.75, 3.05) is 13.2 Å². The molecule has 1 aliphatic rings. The second-order valence-electron chi connectivity index (χ2n) is 5.54. The first-order valence-corrected chi connectivity index (χ1v) is 8.36. The van der Waals surface area contributed by atoms with Gasteiger partial charge in [-0.15, -0.1) is 0 Å². The van der Waals surface area contributed by atoms with Crippen LogP contribution in [0.15, 0.2) is 28.7 Å². The van der Waals surface area contributed by atoms with Crippen molar-refractivity contribution in [3.8, 4) is 0 Å². The van der Waals surface area contributed by atoms with Gasteiger partial charge in [0.2, 0.25) is 0 Å². The van der Waals surface area contributed by atoms with Crippen molar-refractivity contribution < 1.29 is 19.7 Å². The highest BCUT2D eigenvalue weighted by molar-refractivity contribution is 9.10. The van der Waals surface area contributed by atoms with Crippen molar-refractivity contribution in [3.05, 3.63) is 34.3 Å². The molecule has 1 aromatic carbocycles. The molecule has 5 nitrogen and oxygen atoms in total. The minimum absolute atomic E-state index is 0.00989. The highest BCUT2D eigenvalue weighted by Crippen LogP contribution is 2.29. The van der Waals surface area contributed by atoms with Gasteiger partial charge in [-0.25, -0.2) is 4.79 Å². The zero-order valence-electron chi connectivity index (χ0n) is 12.6. The van der Waals surface area contributed by atoms with Crippen LogP contribution in [0, 0.1) is 0 Å². The molecule has 0 bridgehead atoms. The van der Waals surface area contributed by atoms with Crippen molar-refractivity contribution in [2.45, 2.75) is 44.4 Å². The lowest BCUT2D eigenvalue weighted by atomic mass is 10.0. The van der Waals surface area contributed by atoms with E-state index in [0.29, 0.717) is 13.0 Å². The Kier molecular flexibility index (Phi) is 6.23. The molecule has 0 spiro atoms. The fourth-order valence-electron chi connectivity index (χ4n) is 2.79. The molecule has 1 saturated heterocycles. The summed E-state index contributed by atoms with van der Waals surface area (Å²) in [6.07, 6.45) is 0.240. The molecule has 0 saturated carbocycles. The minimum atomic E-state index is -0.835. The Labute approximate surface area is 139 Å². The van der Waals surface area contributed by atoms with Crippen LogP contribution in [-0.2, 0) is 4.74 Å². The Morgan fingerprint density at radius 2 is 2.09 bits per heavy atom. The number of aliphatic hydroxyl groups is 2. The molecule has 2 N–H and O–H groups in total.